The average Bonchev–Trinajstić information content (AvgIpc) is 1.96. The van der Waals surface area contributed by atoms with Crippen LogP contribution in [0.2, 0.25) is 0 Å². The Labute approximate surface area is 78.1 Å². The largest absolute Gasteiger partial charge is 0.481 e. The van der Waals surface area contributed by atoms with Gasteiger partial charge in [-0.25, -0.2) is 0 Å². The highest BCUT2D eigenvalue weighted by Crippen LogP contribution is 2.14. The number of thioether (sulfide) groups is 1. The molecule has 3 N–H and O–H groups in total. The molecule has 0 rings (SSSR count). The summed E-state index contributed by atoms with van der Waals surface area (Å²) >= 11 is 0.649. The summed E-state index contributed by atoms with van der Waals surface area (Å²) in [4.78, 5) is 30.7. The topological polar surface area (TPSA) is 115 Å². The van der Waals surface area contributed by atoms with Crippen LogP contribution in [0.15, 0.2) is 0 Å². The number of hydrogen-bond acceptors (Lipinski definition) is 4. The summed E-state index contributed by atoms with van der Waals surface area (Å²) in [6.07, 6.45) is -0.548. The van der Waals surface area contributed by atoms with E-state index in [1.807, 2.05) is 0 Å². The molecule has 1 atom stereocenters. The molecular formula is C6H8NO5S. The van der Waals surface area contributed by atoms with Crippen molar-refractivity contribution in [3.63, 3.8) is 0 Å². The highest BCUT2D eigenvalue weighted by Gasteiger charge is 2.21. The van der Waals surface area contributed by atoms with E-state index in [0.29, 0.717) is 11.8 Å². The minimum absolute atomic E-state index is 0.301. The van der Waals surface area contributed by atoms with Crippen LogP contribution in [0.5, 0.6) is 0 Å². The van der Waals surface area contributed by atoms with Crippen LogP contribution in [-0.2, 0) is 14.4 Å². The summed E-state index contributed by atoms with van der Waals surface area (Å²) in [5.74, 6) is -3.74. The number of aliphatic carboxylic acids is 2. The van der Waals surface area contributed by atoms with Crippen molar-refractivity contribution in [2.45, 2.75) is 11.7 Å². The van der Waals surface area contributed by atoms with E-state index >= 15 is 0 Å². The molecule has 73 valence electrons. The van der Waals surface area contributed by atoms with Crippen LogP contribution >= 0.6 is 11.8 Å². The third-order valence-electron chi connectivity index (χ3n) is 1.05. The van der Waals surface area contributed by atoms with Crippen molar-refractivity contribution in [1.29, 1.82) is 0 Å². The van der Waals surface area contributed by atoms with E-state index in [2.05, 4.69) is 0 Å². The first-order valence-corrected chi connectivity index (χ1v) is 4.29. The molecule has 1 unspecified atom stereocenters. The molecule has 0 aliphatic heterocycles. The van der Waals surface area contributed by atoms with Gasteiger partial charge < -0.3 is 10.2 Å². The first-order valence-electron chi connectivity index (χ1n) is 3.24. The van der Waals surface area contributed by atoms with Gasteiger partial charge in [-0.1, -0.05) is 0 Å². The number of carboxylic acids is 2. The highest BCUT2D eigenvalue weighted by molar-refractivity contribution is 8.01. The van der Waals surface area contributed by atoms with E-state index in [1.165, 1.54) is 0 Å². The molecule has 0 aromatic heterocycles. The first kappa shape index (κ1) is 11.8. The van der Waals surface area contributed by atoms with Gasteiger partial charge in [0, 0.05) is 0 Å². The summed E-state index contributed by atoms with van der Waals surface area (Å²) < 4.78 is 0. The molecule has 0 saturated carbocycles. The van der Waals surface area contributed by atoms with E-state index in [4.69, 9.17) is 15.9 Å². The Morgan fingerprint density at radius 2 is 1.85 bits per heavy atom. The lowest BCUT2D eigenvalue weighted by atomic mass is 10.3. The molecule has 0 bridgehead atoms. The van der Waals surface area contributed by atoms with Crippen LogP contribution in [0.4, 0.5) is 0 Å². The Kier molecular flexibility index (Phi) is 4.90. The van der Waals surface area contributed by atoms with Gasteiger partial charge in [-0.2, -0.15) is 0 Å². The molecule has 1 radical (unpaired) electrons. The number of amides is 1. The predicted molar refractivity (Wildman–Crippen MR) is 44.2 cm³/mol. The van der Waals surface area contributed by atoms with Crippen LogP contribution in [0.3, 0.4) is 0 Å². The van der Waals surface area contributed by atoms with E-state index in [0.717, 1.165) is 0 Å². The Balaban J connectivity index is 4.02. The van der Waals surface area contributed by atoms with Crippen molar-refractivity contribution in [2.24, 2.45) is 0 Å². The Morgan fingerprint density at radius 3 is 2.15 bits per heavy atom. The van der Waals surface area contributed by atoms with Crippen LogP contribution < -0.4 is 5.73 Å². The zero-order valence-electron chi connectivity index (χ0n) is 6.52. The highest BCUT2D eigenvalue weighted by atomic mass is 32.2. The molecule has 7 heteroatoms. The number of carbonyl (C=O) groups excluding carboxylic acids is 1. The maximum atomic E-state index is 10.4. The third-order valence-corrected chi connectivity index (χ3v) is 2.25. The van der Waals surface area contributed by atoms with Crippen LogP contribution in [-0.4, -0.2) is 39.1 Å². The smallest absolute Gasteiger partial charge is 0.317 e. The maximum Gasteiger partial charge on any atom is 0.317 e. The van der Waals surface area contributed by atoms with Crippen molar-refractivity contribution >= 4 is 29.6 Å². The average molecular weight is 206 g/mol. The third kappa shape index (κ3) is 5.97. The van der Waals surface area contributed by atoms with E-state index < -0.39 is 29.5 Å². The number of nitrogens with one attached hydrogen (secondary N) is 1. The summed E-state index contributed by atoms with van der Waals surface area (Å²) in [5.41, 5.74) is 6.49. The first-order chi connectivity index (χ1) is 5.93. The van der Waals surface area contributed by atoms with Gasteiger partial charge in [0.25, 0.3) is 0 Å². The Bertz CT molecular complexity index is 229. The number of carboxylic acid groups (broad SMARTS) is 2. The molecule has 0 saturated heterocycles. The normalized spacial score (nSPS) is 12.0. The number of rotatable bonds is 6. The molecule has 1 amide bonds. The van der Waals surface area contributed by atoms with Crippen molar-refractivity contribution in [1.82, 2.24) is 5.73 Å². The fourth-order valence-electron chi connectivity index (χ4n) is 0.552. The molecule has 13 heavy (non-hydrogen) atoms. The predicted octanol–water partition coefficient (Wildman–Crippen LogP) is -0.543. The van der Waals surface area contributed by atoms with Gasteiger partial charge in [-0.15, -0.1) is 11.8 Å². The Morgan fingerprint density at radius 1 is 1.31 bits per heavy atom. The van der Waals surface area contributed by atoms with Gasteiger partial charge in [0.2, 0.25) is 5.91 Å². The standard InChI is InChI=1S/C6H8NO5S/c7-4(8)2-13-3(6(11)12)1-5(9)10/h3,7H,1-2H2,(H,9,10)(H,11,12). The quantitative estimate of drug-likeness (QED) is 0.602. The van der Waals surface area contributed by atoms with Gasteiger partial charge >= 0.3 is 11.9 Å². The van der Waals surface area contributed by atoms with E-state index in [-0.39, 0.29) is 5.75 Å². The SMILES string of the molecule is [NH]C(=O)CSC(CC(=O)O)C(=O)O. The molecule has 0 aromatic rings. The molecule has 0 aliphatic carbocycles. The van der Waals surface area contributed by atoms with Crippen molar-refractivity contribution in [3.8, 4) is 0 Å². The van der Waals surface area contributed by atoms with Crippen molar-refractivity contribution < 1.29 is 24.6 Å². The minimum Gasteiger partial charge on any atom is -0.481 e. The second kappa shape index (κ2) is 5.41. The fourth-order valence-corrected chi connectivity index (χ4v) is 1.31. The summed E-state index contributed by atoms with van der Waals surface area (Å²) in [7, 11) is 0. The summed E-state index contributed by atoms with van der Waals surface area (Å²) in [6.45, 7) is 0. The molecule has 6 nitrogen and oxygen atoms in total. The molecule has 0 aliphatic rings. The second-order valence-corrected chi connectivity index (χ2v) is 3.35. The van der Waals surface area contributed by atoms with Gasteiger partial charge in [0.1, 0.15) is 5.25 Å². The van der Waals surface area contributed by atoms with E-state index in [9.17, 15) is 14.4 Å². The van der Waals surface area contributed by atoms with E-state index in [1.54, 1.807) is 0 Å². The lowest BCUT2D eigenvalue weighted by Gasteiger charge is -2.06. The zero-order chi connectivity index (χ0) is 10.4. The number of hydrogen-bond donors (Lipinski definition) is 2. The van der Waals surface area contributed by atoms with Gasteiger partial charge in [0.15, 0.2) is 0 Å². The van der Waals surface area contributed by atoms with Crippen molar-refractivity contribution in [2.75, 3.05) is 5.75 Å². The zero-order valence-corrected chi connectivity index (χ0v) is 7.34. The summed E-state index contributed by atoms with van der Waals surface area (Å²) in [5, 5.41) is 15.6. The summed E-state index contributed by atoms with van der Waals surface area (Å²) in [6, 6.07) is 0. The molecule has 0 heterocycles. The molecule has 0 fully saturated rings. The lowest BCUT2D eigenvalue weighted by molar-refractivity contribution is -0.142. The van der Waals surface area contributed by atoms with Crippen LogP contribution in [0.1, 0.15) is 6.42 Å². The fraction of sp³-hybridized carbons (Fsp3) is 0.500. The Hall–Kier alpha value is -1.24. The van der Waals surface area contributed by atoms with Crippen LogP contribution in [0.25, 0.3) is 0 Å². The lowest BCUT2D eigenvalue weighted by Crippen LogP contribution is -2.22. The van der Waals surface area contributed by atoms with Gasteiger partial charge in [0.05, 0.1) is 12.2 Å². The molecule has 0 aromatic carbocycles. The second-order valence-electron chi connectivity index (χ2n) is 2.16. The minimum atomic E-state index is -1.28. The van der Waals surface area contributed by atoms with Crippen molar-refractivity contribution in [3.05, 3.63) is 0 Å². The monoisotopic (exact) mass is 206 g/mol. The molecular weight excluding hydrogens is 198 g/mol. The van der Waals surface area contributed by atoms with Gasteiger partial charge in [-0.05, 0) is 0 Å². The van der Waals surface area contributed by atoms with Crippen LogP contribution in [0, 0.1) is 0 Å². The maximum absolute atomic E-state index is 10.4. The molecule has 0 spiro atoms. The number of carbonyl (C=O) groups is 3. The van der Waals surface area contributed by atoms with Gasteiger partial charge in [-0.3, -0.25) is 20.1 Å².